The summed E-state index contributed by atoms with van der Waals surface area (Å²) < 4.78 is 57.6. The van der Waals surface area contributed by atoms with Crippen LogP contribution < -0.4 is 5.32 Å². The number of alkyl halides is 3. The van der Waals surface area contributed by atoms with Gasteiger partial charge in [-0.1, -0.05) is 0 Å². The van der Waals surface area contributed by atoms with Crippen molar-refractivity contribution in [3.05, 3.63) is 0 Å². The molecule has 0 saturated heterocycles. The molecule has 0 aromatic carbocycles. The molecule has 15 heavy (non-hydrogen) atoms. The Morgan fingerprint density at radius 1 is 1.13 bits per heavy atom. The summed E-state index contributed by atoms with van der Waals surface area (Å²) in [6.45, 7) is 0.554. The summed E-state index contributed by atoms with van der Waals surface area (Å²) >= 11 is 0. The van der Waals surface area contributed by atoms with Crippen LogP contribution in [-0.2, 0) is 9.84 Å². The topological polar surface area (TPSA) is 46.2 Å². The molecule has 0 fully saturated rings. The van der Waals surface area contributed by atoms with Crippen LogP contribution in [0.3, 0.4) is 0 Å². The summed E-state index contributed by atoms with van der Waals surface area (Å²) in [5.74, 6) is -0.429. The van der Waals surface area contributed by atoms with Crippen LogP contribution in [0.5, 0.6) is 0 Å². The maximum atomic E-state index is 11.7. The Kier molecular flexibility index (Phi) is 6.19. The molecule has 0 radical (unpaired) electrons. The molecule has 0 atom stereocenters. The minimum Gasteiger partial charge on any atom is -0.320 e. The zero-order chi connectivity index (χ0) is 11.9. The lowest BCUT2D eigenvalue weighted by atomic mass is 10.3. The summed E-state index contributed by atoms with van der Waals surface area (Å²) in [6.07, 6.45) is -5.20. The second kappa shape index (κ2) is 6.32. The molecular weight excluding hydrogens is 231 g/mol. The van der Waals surface area contributed by atoms with Crippen LogP contribution in [-0.4, -0.2) is 39.7 Å². The second-order valence-electron chi connectivity index (χ2n) is 3.33. The number of halogens is 3. The number of hydrogen-bond acceptors (Lipinski definition) is 3. The van der Waals surface area contributed by atoms with Crippen LogP contribution >= 0.6 is 0 Å². The highest BCUT2D eigenvalue weighted by Crippen LogP contribution is 2.21. The van der Waals surface area contributed by atoms with Gasteiger partial charge in [-0.2, -0.15) is 13.2 Å². The normalized spacial score (nSPS) is 13.1. The second-order valence-corrected chi connectivity index (χ2v) is 5.63. The van der Waals surface area contributed by atoms with Gasteiger partial charge in [0.1, 0.15) is 9.84 Å². The van der Waals surface area contributed by atoms with Gasteiger partial charge in [0.2, 0.25) is 0 Å². The Hall–Kier alpha value is -0.300. The molecular formula is C8H16F3NO2S. The van der Waals surface area contributed by atoms with E-state index in [1.54, 1.807) is 7.05 Å². The third-order valence-corrected chi connectivity index (χ3v) is 3.62. The largest absolute Gasteiger partial charge is 0.389 e. The van der Waals surface area contributed by atoms with Crippen molar-refractivity contribution in [3.63, 3.8) is 0 Å². The Bertz CT molecular complexity index is 262. The number of rotatable bonds is 7. The Morgan fingerprint density at radius 2 is 1.67 bits per heavy atom. The molecule has 3 nitrogen and oxygen atoms in total. The van der Waals surface area contributed by atoms with Crippen molar-refractivity contribution in [3.8, 4) is 0 Å². The summed E-state index contributed by atoms with van der Waals surface area (Å²) in [4.78, 5) is 0. The van der Waals surface area contributed by atoms with E-state index in [4.69, 9.17) is 0 Å². The van der Waals surface area contributed by atoms with Crippen molar-refractivity contribution in [2.45, 2.75) is 25.4 Å². The molecule has 0 bridgehead atoms. The molecule has 0 aliphatic rings. The van der Waals surface area contributed by atoms with Gasteiger partial charge in [0.25, 0.3) is 0 Å². The van der Waals surface area contributed by atoms with E-state index in [0.29, 0.717) is 13.0 Å². The first-order valence-corrected chi connectivity index (χ1v) is 6.51. The zero-order valence-electron chi connectivity index (χ0n) is 8.60. The van der Waals surface area contributed by atoms with Crippen LogP contribution in [0.4, 0.5) is 13.2 Å². The lowest BCUT2D eigenvalue weighted by Crippen LogP contribution is -2.18. The van der Waals surface area contributed by atoms with Crippen molar-refractivity contribution >= 4 is 9.84 Å². The monoisotopic (exact) mass is 247 g/mol. The van der Waals surface area contributed by atoms with E-state index in [9.17, 15) is 21.6 Å². The molecule has 0 heterocycles. The smallest absolute Gasteiger partial charge is 0.320 e. The standard InChI is InChI=1S/C8H16F3NO2S/c1-12-5-3-7-15(13,14)6-2-4-8(9,10)11/h12H,2-7H2,1H3. The van der Waals surface area contributed by atoms with Gasteiger partial charge in [0, 0.05) is 6.42 Å². The van der Waals surface area contributed by atoms with Crippen molar-refractivity contribution in [2.75, 3.05) is 25.1 Å². The molecule has 7 heteroatoms. The highest BCUT2D eigenvalue weighted by atomic mass is 32.2. The van der Waals surface area contributed by atoms with Gasteiger partial charge in [0.15, 0.2) is 0 Å². The van der Waals surface area contributed by atoms with E-state index in [0.717, 1.165) is 0 Å². The van der Waals surface area contributed by atoms with Crippen LogP contribution in [0.15, 0.2) is 0 Å². The summed E-state index contributed by atoms with van der Waals surface area (Å²) in [7, 11) is -1.63. The minimum atomic E-state index is -4.26. The predicted octanol–water partition coefficient (Wildman–Crippen LogP) is 1.35. The molecule has 0 amide bonds. The fraction of sp³-hybridized carbons (Fsp3) is 1.00. The van der Waals surface area contributed by atoms with Crippen LogP contribution in [0.1, 0.15) is 19.3 Å². The third kappa shape index (κ3) is 9.99. The third-order valence-electron chi connectivity index (χ3n) is 1.80. The lowest BCUT2D eigenvalue weighted by Gasteiger charge is -2.06. The zero-order valence-corrected chi connectivity index (χ0v) is 9.42. The summed E-state index contributed by atoms with van der Waals surface area (Å²) in [5.41, 5.74) is 0. The van der Waals surface area contributed by atoms with Gasteiger partial charge in [-0.25, -0.2) is 8.42 Å². The van der Waals surface area contributed by atoms with Crippen molar-refractivity contribution in [1.82, 2.24) is 5.32 Å². The molecule has 0 saturated carbocycles. The Labute approximate surface area is 88.0 Å². The van der Waals surface area contributed by atoms with E-state index in [1.807, 2.05) is 0 Å². The van der Waals surface area contributed by atoms with Crippen molar-refractivity contribution in [1.29, 1.82) is 0 Å². The van der Waals surface area contributed by atoms with Gasteiger partial charge < -0.3 is 5.32 Å². The molecule has 0 unspecified atom stereocenters. The maximum Gasteiger partial charge on any atom is 0.389 e. The molecule has 0 aliphatic carbocycles. The van der Waals surface area contributed by atoms with Crippen LogP contribution in [0.25, 0.3) is 0 Å². The highest BCUT2D eigenvalue weighted by molar-refractivity contribution is 7.91. The molecule has 0 aromatic heterocycles. The molecule has 0 aliphatic heterocycles. The van der Waals surface area contributed by atoms with Crippen molar-refractivity contribution in [2.24, 2.45) is 0 Å². The predicted molar refractivity (Wildman–Crippen MR) is 52.5 cm³/mol. The number of hydrogen-bond donors (Lipinski definition) is 1. The first-order chi connectivity index (χ1) is 6.77. The highest BCUT2D eigenvalue weighted by Gasteiger charge is 2.27. The molecule has 1 N–H and O–H groups in total. The average molecular weight is 247 g/mol. The summed E-state index contributed by atoms with van der Waals surface area (Å²) in [6, 6.07) is 0. The van der Waals surface area contributed by atoms with E-state index in [1.165, 1.54) is 0 Å². The lowest BCUT2D eigenvalue weighted by molar-refractivity contribution is -0.134. The van der Waals surface area contributed by atoms with Gasteiger partial charge in [0.05, 0.1) is 11.5 Å². The fourth-order valence-corrected chi connectivity index (χ4v) is 2.44. The number of sulfone groups is 1. The fourth-order valence-electron chi connectivity index (χ4n) is 1.06. The van der Waals surface area contributed by atoms with E-state index in [-0.39, 0.29) is 17.9 Å². The quantitative estimate of drug-likeness (QED) is 0.691. The van der Waals surface area contributed by atoms with E-state index in [2.05, 4.69) is 5.32 Å². The Balaban J connectivity index is 3.75. The van der Waals surface area contributed by atoms with Gasteiger partial charge in [-0.3, -0.25) is 0 Å². The van der Waals surface area contributed by atoms with Gasteiger partial charge in [-0.15, -0.1) is 0 Å². The first-order valence-electron chi connectivity index (χ1n) is 4.68. The van der Waals surface area contributed by atoms with Crippen LogP contribution in [0, 0.1) is 0 Å². The van der Waals surface area contributed by atoms with Crippen LogP contribution in [0.2, 0.25) is 0 Å². The Morgan fingerprint density at radius 3 is 2.13 bits per heavy atom. The molecule has 0 spiro atoms. The number of nitrogens with one attached hydrogen (secondary N) is 1. The maximum absolute atomic E-state index is 11.7. The van der Waals surface area contributed by atoms with Crippen molar-refractivity contribution < 1.29 is 21.6 Å². The van der Waals surface area contributed by atoms with E-state index >= 15 is 0 Å². The van der Waals surface area contributed by atoms with Gasteiger partial charge in [-0.05, 0) is 26.4 Å². The summed E-state index contributed by atoms with van der Waals surface area (Å²) in [5, 5.41) is 2.78. The average Bonchev–Trinajstić information content (AvgIpc) is 2.01. The molecule has 0 rings (SSSR count). The van der Waals surface area contributed by atoms with E-state index < -0.39 is 22.4 Å². The first kappa shape index (κ1) is 14.7. The SMILES string of the molecule is CNCCCS(=O)(=O)CCCC(F)(F)F. The molecule has 0 aromatic rings. The minimum absolute atomic E-state index is 0.0499. The molecule has 92 valence electrons. The van der Waals surface area contributed by atoms with Gasteiger partial charge >= 0.3 is 6.18 Å².